The molecule has 0 radical (unpaired) electrons. The maximum atomic E-state index is 5.89. The second kappa shape index (κ2) is 7.03. The molecule has 0 aromatic carbocycles. The summed E-state index contributed by atoms with van der Waals surface area (Å²) in [5, 5.41) is 4.40. The normalized spacial score (nSPS) is 19.5. The molecule has 0 spiro atoms. The maximum Gasteiger partial charge on any atom is 0.112 e. The van der Waals surface area contributed by atoms with Gasteiger partial charge in [0.1, 0.15) is 6.10 Å². The van der Waals surface area contributed by atoms with Crippen molar-refractivity contribution in [2.45, 2.75) is 39.5 Å². The molecule has 1 saturated heterocycles. The summed E-state index contributed by atoms with van der Waals surface area (Å²) >= 11 is 0. The van der Waals surface area contributed by atoms with Crippen LogP contribution in [0, 0.1) is 6.92 Å². The topological polar surface area (TPSA) is 43.2 Å². The van der Waals surface area contributed by atoms with Gasteiger partial charge in [-0.25, -0.2) is 0 Å². The first-order valence-corrected chi connectivity index (χ1v) is 8.02. The van der Waals surface area contributed by atoms with Crippen LogP contribution in [-0.2, 0) is 17.8 Å². The van der Waals surface area contributed by atoms with Crippen molar-refractivity contribution in [1.29, 1.82) is 0 Å². The molecule has 0 unspecified atom stereocenters. The smallest absolute Gasteiger partial charge is 0.112 e. The van der Waals surface area contributed by atoms with Gasteiger partial charge >= 0.3 is 0 Å². The van der Waals surface area contributed by atoms with E-state index in [1.54, 1.807) is 0 Å². The minimum Gasteiger partial charge on any atom is -0.369 e. The minimum atomic E-state index is 0.0695. The number of hydrogen-bond acceptors (Lipinski definition) is 4. The van der Waals surface area contributed by atoms with Crippen molar-refractivity contribution in [3.05, 3.63) is 47.5 Å². The molecule has 5 heteroatoms. The molecule has 3 heterocycles. The molecule has 2 aromatic heterocycles. The molecule has 0 N–H and O–H groups in total. The highest BCUT2D eigenvalue weighted by atomic mass is 16.5. The van der Waals surface area contributed by atoms with Crippen LogP contribution in [0.15, 0.2) is 30.7 Å². The van der Waals surface area contributed by atoms with Crippen LogP contribution < -0.4 is 0 Å². The molecule has 1 atom stereocenters. The van der Waals surface area contributed by atoms with Crippen molar-refractivity contribution in [1.82, 2.24) is 19.7 Å². The number of hydrogen-bond donors (Lipinski definition) is 0. The molecule has 3 rings (SSSR count). The lowest BCUT2D eigenvalue weighted by atomic mass is 10.1. The fourth-order valence-electron chi connectivity index (χ4n) is 2.79. The molecule has 1 fully saturated rings. The predicted molar refractivity (Wildman–Crippen MR) is 85.5 cm³/mol. The fourth-order valence-corrected chi connectivity index (χ4v) is 2.79. The van der Waals surface area contributed by atoms with Gasteiger partial charge in [0, 0.05) is 44.1 Å². The Labute approximate surface area is 131 Å². The van der Waals surface area contributed by atoms with Crippen molar-refractivity contribution in [2.24, 2.45) is 0 Å². The molecule has 0 aliphatic carbocycles. The van der Waals surface area contributed by atoms with E-state index in [0.717, 1.165) is 44.9 Å². The molecule has 2 aromatic rings. The van der Waals surface area contributed by atoms with E-state index in [-0.39, 0.29) is 6.10 Å². The first kappa shape index (κ1) is 15.2. The average molecular weight is 300 g/mol. The lowest BCUT2D eigenvalue weighted by Gasteiger charge is -2.32. The minimum absolute atomic E-state index is 0.0695. The number of aromatic nitrogens is 3. The summed E-state index contributed by atoms with van der Waals surface area (Å²) in [7, 11) is 0. The van der Waals surface area contributed by atoms with Crippen molar-refractivity contribution < 1.29 is 4.74 Å². The zero-order chi connectivity index (χ0) is 15.4. The molecule has 5 nitrogen and oxygen atoms in total. The number of nitrogens with zero attached hydrogens (tertiary/aromatic N) is 4. The van der Waals surface area contributed by atoms with Gasteiger partial charge in [-0.3, -0.25) is 14.6 Å². The van der Waals surface area contributed by atoms with E-state index in [0.29, 0.717) is 0 Å². The lowest BCUT2D eigenvalue weighted by Crippen LogP contribution is -2.38. The Bertz CT molecular complexity index is 593. The van der Waals surface area contributed by atoms with E-state index in [9.17, 15) is 0 Å². The molecule has 0 amide bonds. The summed E-state index contributed by atoms with van der Waals surface area (Å²) in [5.74, 6) is 0. The van der Waals surface area contributed by atoms with Crippen molar-refractivity contribution >= 4 is 0 Å². The van der Waals surface area contributed by atoms with E-state index < -0.39 is 0 Å². The van der Waals surface area contributed by atoms with Gasteiger partial charge in [-0.15, -0.1) is 0 Å². The van der Waals surface area contributed by atoms with Gasteiger partial charge in [0.25, 0.3) is 0 Å². The first-order chi connectivity index (χ1) is 10.7. The van der Waals surface area contributed by atoms with Crippen LogP contribution in [0.1, 0.15) is 36.3 Å². The molecular formula is C17H24N4O. The summed E-state index contributed by atoms with van der Waals surface area (Å²) in [4.78, 5) is 6.92. The van der Waals surface area contributed by atoms with Gasteiger partial charge in [-0.1, -0.05) is 13.0 Å². The molecule has 1 aliphatic rings. The number of pyridine rings is 1. The Kier molecular flexibility index (Phi) is 4.85. The van der Waals surface area contributed by atoms with Gasteiger partial charge in [0.15, 0.2) is 0 Å². The van der Waals surface area contributed by atoms with Crippen LogP contribution in [0.5, 0.6) is 0 Å². The zero-order valence-corrected chi connectivity index (χ0v) is 13.4. The molecule has 22 heavy (non-hydrogen) atoms. The van der Waals surface area contributed by atoms with E-state index >= 15 is 0 Å². The van der Waals surface area contributed by atoms with Gasteiger partial charge < -0.3 is 4.74 Å². The van der Waals surface area contributed by atoms with E-state index in [1.165, 1.54) is 11.1 Å². The number of morpholine rings is 1. The lowest BCUT2D eigenvalue weighted by molar-refractivity contribution is -0.0350. The van der Waals surface area contributed by atoms with Gasteiger partial charge in [0.05, 0.1) is 18.5 Å². The fraction of sp³-hybridized carbons (Fsp3) is 0.529. The number of aryl methyl sites for hydroxylation is 2. The Morgan fingerprint density at radius 1 is 1.32 bits per heavy atom. The molecule has 0 bridgehead atoms. The summed E-state index contributed by atoms with van der Waals surface area (Å²) in [6.07, 6.45) is 7.22. The Morgan fingerprint density at radius 3 is 3.00 bits per heavy atom. The van der Waals surface area contributed by atoms with Crippen molar-refractivity contribution in [3.63, 3.8) is 0 Å². The molecule has 0 saturated carbocycles. The summed E-state index contributed by atoms with van der Waals surface area (Å²) < 4.78 is 7.91. The number of ether oxygens (including phenoxy) is 1. The second-order valence-corrected chi connectivity index (χ2v) is 5.97. The van der Waals surface area contributed by atoms with E-state index in [4.69, 9.17) is 4.74 Å². The third-order valence-corrected chi connectivity index (χ3v) is 3.96. The van der Waals surface area contributed by atoms with Crippen LogP contribution in [0.25, 0.3) is 0 Å². The Morgan fingerprint density at radius 2 is 2.23 bits per heavy atom. The number of rotatable bonds is 5. The van der Waals surface area contributed by atoms with Gasteiger partial charge in [-0.05, 0) is 25.0 Å². The quantitative estimate of drug-likeness (QED) is 0.851. The van der Waals surface area contributed by atoms with Crippen LogP contribution in [0.3, 0.4) is 0 Å². The van der Waals surface area contributed by atoms with Gasteiger partial charge in [0.2, 0.25) is 0 Å². The molecule has 1 aliphatic heterocycles. The average Bonchev–Trinajstić information content (AvgIpc) is 2.96. The highest BCUT2D eigenvalue weighted by Gasteiger charge is 2.23. The third-order valence-electron chi connectivity index (χ3n) is 3.96. The predicted octanol–water partition coefficient (Wildman–Crippen LogP) is 2.57. The van der Waals surface area contributed by atoms with Crippen molar-refractivity contribution in [2.75, 3.05) is 19.7 Å². The van der Waals surface area contributed by atoms with Gasteiger partial charge in [-0.2, -0.15) is 5.10 Å². The van der Waals surface area contributed by atoms with Crippen molar-refractivity contribution in [3.8, 4) is 0 Å². The third kappa shape index (κ3) is 3.72. The highest BCUT2D eigenvalue weighted by molar-refractivity contribution is 5.15. The van der Waals surface area contributed by atoms with Crippen LogP contribution in [0.2, 0.25) is 0 Å². The van der Waals surface area contributed by atoms with Crippen LogP contribution in [0.4, 0.5) is 0 Å². The summed E-state index contributed by atoms with van der Waals surface area (Å²) in [6, 6.07) is 4.17. The summed E-state index contributed by atoms with van der Waals surface area (Å²) in [5.41, 5.74) is 3.47. The second-order valence-electron chi connectivity index (χ2n) is 5.97. The standard InChI is InChI=1S/C17H24N4O/c1-3-6-21-12-15(10-19-21)11-20-7-8-22-17(13-20)16-5-4-14(2)9-18-16/h4-5,9-10,12,17H,3,6-8,11,13H2,1-2H3/t17-/m1/s1. The van der Waals surface area contributed by atoms with E-state index in [2.05, 4.69) is 47.2 Å². The zero-order valence-electron chi connectivity index (χ0n) is 13.4. The molecule has 118 valence electrons. The SMILES string of the molecule is CCCn1cc(CN2CCO[C@@H](c3ccc(C)cn3)C2)cn1. The van der Waals surface area contributed by atoms with E-state index in [1.807, 2.05) is 17.1 Å². The van der Waals surface area contributed by atoms with Crippen LogP contribution in [-0.4, -0.2) is 39.4 Å². The highest BCUT2D eigenvalue weighted by Crippen LogP contribution is 2.21. The largest absolute Gasteiger partial charge is 0.369 e. The van der Waals surface area contributed by atoms with Crippen LogP contribution >= 0.6 is 0 Å². The first-order valence-electron chi connectivity index (χ1n) is 8.02. The summed E-state index contributed by atoms with van der Waals surface area (Å²) in [6.45, 7) is 8.73. The molecular weight excluding hydrogens is 276 g/mol. The maximum absolute atomic E-state index is 5.89. The monoisotopic (exact) mass is 300 g/mol. The Balaban J connectivity index is 1.61. The Hall–Kier alpha value is -1.72.